The standard InChI is InChI=1S/C13H15Cl2N5/c1-8(19-13-18-7-17-12(16)20-13)2-3-9-4-5-10(14)11(15)6-9/h4-8H,2-3H2,1H3,(H3,16,17,18,19,20). The fourth-order valence-electron chi connectivity index (χ4n) is 1.75. The lowest BCUT2D eigenvalue weighted by atomic mass is 10.1. The zero-order chi connectivity index (χ0) is 14.5. The first-order valence-electron chi connectivity index (χ1n) is 6.19. The van der Waals surface area contributed by atoms with Crippen molar-refractivity contribution < 1.29 is 0 Å². The highest BCUT2D eigenvalue weighted by molar-refractivity contribution is 6.42. The summed E-state index contributed by atoms with van der Waals surface area (Å²) in [6.07, 6.45) is 3.17. The molecule has 0 aliphatic heterocycles. The molecule has 0 fully saturated rings. The second-order valence-corrected chi connectivity index (χ2v) is 5.31. The van der Waals surface area contributed by atoms with E-state index >= 15 is 0 Å². The SMILES string of the molecule is CC(CCc1ccc(Cl)c(Cl)c1)Nc1ncnc(N)n1. The highest BCUT2D eigenvalue weighted by Crippen LogP contribution is 2.23. The van der Waals surface area contributed by atoms with E-state index in [-0.39, 0.29) is 12.0 Å². The molecule has 0 aliphatic carbocycles. The number of anilines is 2. The van der Waals surface area contributed by atoms with Crippen LogP contribution in [0.15, 0.2) is 24.5 Å². The van der Waals surface area contributed by atoms with Crippen LogP contribution in [0, 0.1) is 0 Å². The molecule has 1 unspecified atom stereocenters. The Balaban J connectivity index is 1.88. The van der Waals surface area contributed by atoms with E-state index in [0.717, 1.165) is 18.4 Å². The summed E-state index contributed by atoms with van der Waals surface area (Å²) in [4.78, 5) is 11.8. The van der Waals surface area contributed by atoms with Crippen LogP contribution >= 0.6 is 23.2 Å². The Labute approximate surface area is 127 Å². The summed E-state index contributed by atoms with van der Waals surface area (Å²) in [7, 11) is 0. The zero-order valence-electron chi connectivity index (χ0n) is 11.0. The summed E-state index contributed by atoms with van der Waals surface area (Å²) < 4.78 is 0. The maximum absolute atomic E-state index is 5.99. The van der Waals surface area contributed by atoms with E-state index in [1.165, 1.54) is 6.33 Å². The van der Waals surface area contributed by atoms with Crippen LogP contribution in [0.1, 0.15) is 18.9 Å². The Kier molecular flexibility index (Phi) is 4.98. The molecule has 0 aliphatic rings. The normalized spacial score (nSPS) is 12.2. The first-order valence-corrected chi connectivity index (χ1v) is 6.95. The third kappa shape index (κ3) is 4.21. The van der Waals surface area contributed by atoms with E-state index in [4.69, 9.17) is 28.9 Å². The predicted molar refractivity (Wildman–Crippen MR) is 82.1 cm³/mol. The number of nitrogens with zero attached hydrogens (tertiary/aromatic N) is 3. The Hall–Kier alpha value is -1.59. The number of aryl methyl sites for hydroxylation is 1. The first-order chi connectivity index (χ1) is 9.54. The molecular formula is C13H15Cl2N5. The van der Waals surface area contributed by atoms with Crippen molar-refractivity contribution in [3.63, 3.8) is 0 Å². The number of halogens is 2. The number of nitrogen functional groups attached to an aromatic ring is 1. The molecular weight excluding hydrogens is 297 g/mol. The molecule has 7 heteroatoms. The molecule has 20 heavy (non-hydrogen) atoms. The number of hydrogen-bond acceptors (Lipinski definition) is 5. The second kappa shape index (κ2) is 6.72. The van der Waals surface area contributed by atoms with E-state index in [1.807, 2.05) is 18.2 Å². The molecule has 5 nitrogen and oxygen atoms in total. The third-order valence-electron chi connectivity index (χ3n) is 2.82. The monoisotopic (exact) mass is 311 g/mol. The van der Waals surface area contributed by atoms with Crippen LogP contribution < -0.4 is 11.1 Å². The maximum Gasteiger partial charge on any atom is 0.227 e. The van der Waals surface area contributed by atoms with Gasteiger partial charge in [0.15, 0.2) is 0 Å². The summed E-state index contributed by atoms with van der Waals surface area (Å²) in [6.45, 7) is 2.05. The van der Waals surface area contributed by atoms with Crippen LogP contribution in [0.25, 0.3) is 0 Å². The summed E-state index contributed by atoms with van der Waals surface area (Å²) in [5.74, 6) is 0.693. The molecule has 0 saturated carbocycles. The number of hydrogen-bond donors (Lipinski definition) is 2. The molecule has 106 valence electrons. The minimum Gasteiger partial charge on any atom is -0.368 e. The van der Waals surface area contributed by atoms with Crippen molar-refractivity contribution in [2.75, 3.05) is 11.1 Å². The van der Waals surface area contributed by atoms with Gasteiger partial charge in [-0.1, -0.05) is 29.3 Å². The maximum atomic E-state index is 5.99. The van der Waals surface area contributed by atoms with Gasteiger partial charge in [0.05, 0.1) is 10.0 Å². The minimum absolute atomic E-state index is 0.200. The van der Waals surface area contributed by atoms with E-state index in [9.17, 15) is 0 Å². The first kappa shape index (κ1) is 14.8. The van der Waals surface area contributed by atoms with Gasteiger partial charge in [-0.25, -0.2) is 9.97 Å². The van der Waals surface area contributed by atoms with Crippen molar-refractivity contribution in [1.82, 2.24) is 15.0 Å². The van der Waals surface area contributed by atoms with Gasteiger partial charge in [-0.05, 0) is 37.5 Å². The van der Waals surface area contributed by atoms with Crippen molar-refractivity contribution in [1.29, 1.82) is 0 Å². The fourth-order valence-corrected chi connectivity index (χ4v) is 2.07. The smallest absolute Gasteiger partial charge is 0.227 e. The molecule has 0 amide bonds. The molecule has 0 spiro atoms. The predicted octanol–water partition coefficient (Wildman–Crippen LogP) is 3.19. The summed E-state index contributed by atoms with van der Waals surface area (Å²) in [6, 6.07) is 5.87. The number of nitrogens with two attached hydrogens (primary N) is 1. The molecule has 2 rings (SSSR count). The van der Waals surface area contributed by atoms with Crippen LogP contribution in [-0.4, -0.2) is 21.0 Å². The molecule has 1 heterocycles. The van der Waals surface area contributed by atoms with Gasteiger partial charge < -0.3 is 11.1 Å². The average Bonchev–Trinajstić information content (AvgIpc) is 2.40. The molecule has 3 N–H and O–H groups in total. The summed E-state index contributed by atoms with van der Waals surface area (Å²) >= 11 is 11.9. The number of rotatable bonds is 5. The van der Waals surface area contributed by atoms with Crippen molar-refractivity contribution >= 4 is 35.1 Å². The Morgan fingerprint density at radius 2 is 2.05 bits per heavy atom. The number of benzene rings is 1. The van der Waals surface area contributed by atoms with Crippen LogP contribution in [-0.2, 0) is 6.42 Å². The van der Waals surface area contributed by atoms with Gasteiger partial charge >= 0.3 is 0 Å². The Morgan fingerprint density at radius 1 is 1.25 bits per heavy atom. The highest BCUT2D eigenvalue weighted by atomic mass is 35.5. The molecule has 2 aromatic rings. The summed E-state index contributed by atoms with van der Waals surface area (Å²) in [5.41, 5.74) is 6.64. The van der Waals surface area contributed by atoms with E-state index in [1.54, 1.807) is 0 Å². The largest absolute Gasteiger partial charge is 0.368 e. The van der Waals surface area contributed by atoms with Gasteiger partial charge in [-0.2, -0.15) is 4.98 Å². The lowest BCUT2D eigenvalue weighted by Crippen LogP contribution is -2.18. The van der Waals surface area contributed by atoms with E-state index in [2.05, 4.69) is 27.2 Å². The summed E-state index contributed by atoms with van der Waals surface area (Å²) in [5, 5.41) is 4.33. The molecule has 1 aromatic heterocycles. The van der Waals surface area contributed by atoms with Crippen molar-refractivity contribution in [3.8, 4) is 0 Å². The molecule has 1 aromatic carbocycles. The average molecular weight is 312 g/mol. The third-order valence-corrected chi connectivity index (χ3v) is 3.56. The van der Waals surface area contributed by atoms with Crippen molar-refractivity contribution in [2.45, 2.75) is 25.8 Å². The van der Waals surface area contributed by atoms with Crippen LogP contribution in [0.3, 0.4) is 0 Å². The van der Waals surface area contributed by atoms with Crippen LogP contribution in [0.2, 0.25) is 10.0 Å². The lowest BCUT2D eigenvalue weighted by molar-refractivity contribution is 0.698. The minimum atomic E-state index is 0.200. The van der Waals surface area contributed by atoms with Crippen molar-refractivity contribution in [3.05, 3.63) is 40.1 Å². The van der Waals surface area contributed by atoms with Gasteiger partial charge in [0, 0.05) is 6.04 Å². The van der Waals surface area contributed by atoms with Gasteiger partial charge in [0.25, 0.3) is 0 Å². The van der Waals surface area contributed by atoms with Gasteiger partial charge in [-0.3, -0.25) is 0 Å². The van der Waals surface area contributed by atoms with Gasteiger partial charge in [-0.15, -0.1) is 0 Å². The quantitative estimate of drug-likeness (QED) is 0.886. The van der Waals surface area contributed by atoms with Gasteiger partial charge in [0.1, 0.15) is 6.33 Å². The molecule has 0 radical (unpaired) electrons. The lowest BCUT2D eigenvalue weighted by Gasteiger charge is -2.13. The van der Waals surface area contributed by atoms with E-state index in [0.29, 0.717) is 16.0 Å². The van der Waals surface area contributed by atoms with E-state index < -0.39 is 0 Å². The molecule has 0 saturated heterocycles. The number of nitrogens with one attached hydrogen (secondary N) is 1. The Bertz CT molecular complexity index is 591. The topological polar surface area (TPSA) is 76.7 Å². The molecule has 1 atom stereocenters. The van der Waals surface area contributed by atoms with Gasteiger partial charge in [0.2, 0.25) is 11.9 Å². The highest BCUT2D eigenvalue weighted by Gasteiger charge is 2.06. The number of aromatic nitrogens is 3. The zero-order valence-corrected chi connectivity index (χ0v) is 12.5. The Morgan fingerprint density at radius 3 is 2.75 bits per heavy atom. The fraction of sp³-hybridized carbons (Fsp3) is 0.308. The van der Waals surface area contributed by atoms with Crippen LogP contribution in [0.5, 0.6) is 0 Å². The van der Waals surface area contributed by atoms with Crippen LogP contribution in [0.4, 0.5) is 11.9 Å². The van der Waals surface area contributed by atoms with Crippen molar-refractivity contribution in [2.24, 2.45) is 0 Å². The second-order valence-electron chi connectivity index (χ2n) is 4.50. The molecule has 0 bridgehead atoms.